The second-order valence-electron chi connectivity index (χ2n) is 7.24. The number of hydrogen-bond acceptors (Lipinski definition) is 5. The minimum absolute atomic E-state index is 0.323. The molecular formula is C23H33N3O4S. The fraction of sp³-hybridized carbons (Fsp3) is 0.435. The van der Waals surface area contributed by atoms with Gasteiger partial charge in [-0.25, -0.2) is 8.42 Å². The number of rotatable bonds is 11. The van der Waals surface area contributed by atoms with Crippen LogP contribution in [0.4, 0.5) is 11.4 Å². The van der Waals surface area contributed by atoms with Crippen LogP contribution in [0.1, 0.15) is 32.8 Å². The number of nitrogens with zero attached hydrogens (tertiary/aromatic N) is 2. The number of hydrogen-bond donors (Lipinski definition) is 1. The molecule has 7 nitrogen and oxygen atoms in total. The van der Waals surface area contributed by atoms with Crippen molar-refractivity contribution in [2.24, 2.45) is 0 Å². The van der Waals surface area contributed by atoms with E-state index < -0.39 is 16.1 Å². The Balaban J connectivity index is 2.18. The molecule has 0 saturated heterocycles. The van der Waals surface area contributed by atoms with E-state index in [1.165, 1.54) is 7.11 Å². The molecule has 0 spiro atoms. The van der Waals surface area contributed by atoms with Gasteiger partial charge in [0.05, 0.1) is 19.1 Å². The molecule has 1 atom stereocenters. The molecule has 0 fully saturated rings. The van der Waals surface area contributed by atoms with Crippen LogP contribution in [0.2, 0.25) is 0 Å². The van der Waals surface area contributed by atoms with Crippen LogP contribution < -0.4 is 19.3 Å². The number of amides is 1. The second-order valence-corrected chi connectivity index (χ2v) is 9.10. The average molecular weight is 448 g/mol. The monoisotopic (exact) mass is 447 g/mol. The van der Waals surface area contributed by atoms with E-state index in [9.17, 15) is 13.2 Å². The van der Waals surface area contributed by atoms with E-state index in [4.69, 9.17) is 4.74 Å². The molecule has 0 radical (unpaired) electrons. The summed E-state index contributed by atoms with van der Waals surface area (Å²) in [5.41, 5.74) is 2.48. The molecule has 0 aliphatic rings. The molecule has 0 saturated carbocycles. The molecule has 2 aromatic rings. The summed E-state index contributed by atoms with van der Waals surface area (Å²) in [6.07, 6.45) is 1.44. The van der Waals surface area contributed by atoms with Crippen molar-refractivity contribution in [3.8, 4) is 5.75 Å². The summed E-state index contributed by atoms with van der Waals surface area (Å²) in [7, 11) is -2.18. The number of ether oxygens (including phenoxy) is 1. The Labute approximate surface area is 186 Å². The van der Waals surface area contributed by atoms with E-state index >= 15 is 0 Å². The van der Waals surface area contributed by atoms with Crippen molar-refractivity contribution in [3.05, 3.63) is 54.1 Å². The fourth-order valence-electron chi connectivity index (χ4n) is 3.53. The van der Waals surface area contributed by atoms with Gasteiger partial charge in [-0.2, -0.15) is 0 Å². The van der Waals surface area contributed by atoms with Gasteiger partial charge in [0.15, 0.2) is 0 Å². The van der Waals surface area contributed by atoms with Crippen molar-refractivity contribution in [1.29, 1.82) is 0 Å². The maximum absolute atomic E-state index is 13.0. The van der Waals surface area contributed by atoms with Crippen LogP contribution in [0, 0.1) is 0 Å². The largest absolute Gasteiger partial charge is 0.497 e. The highest BCUT2D eigenvalue weighted by Gasteiger charge is 2.31. The zero-order chi connectivity index (χ0) is 23.0. The molecule has 8 heteroatoms. The lowest BCUT2D eigenvalue weighted by Gasteiger charge is -2.30. The van der Waals surface area contributed by atoms with Gasteiger partial charge < -0.3 is 15.0 Å². The third-order valence-corrected chi connectivity index (χ3v) is 6.35. The summed E-state index contributed by atoms with van der Waals surface area (Å²) < 4.78 is 31.5. The number of sulfonamides is 1. The van der Waals surface area contributed by atoms with E-state index in [1.54, 1.807) is 31.2 Å². The minimum Gasteiger partial charge on any atom is -0.497 e. The van der Waals surface area contributed by atoms with Gasteiger partial charge in [0.2, 0.25) is 15.9 Å². The smallest absolute Gasteiger partial charge is 0.244 e. The maximum Gasteiger partial charge on any atom is 0.244 e. The molecule has 0 heterocycles. The first-order valence-corrected chi connectivity index (χ1v) is 12.3. The van der Waals surface area contributed by atoms with Crippen LogP contribution in [0.15, 0.2) is 48.5 Å². The van der Waals surface area contributed by atoms with Crippen molar-refractivity contribution < 1.29 is 17.9 Å². The van der Waals surface area contributed by atoms with Crippen LogP contribution in [0.3, 0.4) is 0 Å². The standard InChI is InChI=1S/C23H33N3O4S/c1-6-22(26(31(5,28)29)20-10-9-11-21(16-20)30-4)23(27)24-17-18-12-14-19(15-13-18)25(7-2)8-3/h9-16,22H,6-8,17H2,1-5H3,(H,24,27)/t22-/m1/s1. The van der Waals surface area contributed by atoms with Gasteiger partial charge in [0.25, 0.3) is 0 Å². The van der Waals surface area contributed by atoms with Crippen LogP contribution in [0.5, 0.6) is 5.75 Å². The van der Waals surface area contributed by atoms with Gasteiger partial charge >= 0.3 is 0 Å². The SMILES string of the molecule is CC[C@H](C(=O)NCc1ccc(N(CC)CC)cc1)N(c1cccc(OC)c1)S(C)(=O)=O. The molecule has 1 amide bonds. The van der Waals surface area contributed by atoms with Gasteiger partial charge in [0, 0.05) is 31.4 Å². The first-order valence-electron chi connectivity index (χ1n) is 10.5. The van der Waals surface area contributed by atoms with E-state index in [1.807, 2.05) is 24.3 Å². The van der Waals surface area contributed by atoms with Crippen molar-refractivity contribution in [2.45, 2.75) is 39.8 Å². The van der Waals surface area contributed by atoms with Crippen molar-refractivity contribution in [3.63, 3.8) is 0 Å². The zero-order valence-electron chi connectivity index (χ0n) is 19.0. The maximum atomic E-state index is 13.0. The summed E-state index contributed by atoms with van der Waals surface area (Å²) in [6, 6.07) is 13.9. The predicted octanol–water partition coefficient (Wildman–Crippen LogP) is 3.40. The van der Waals surface area contributed by atoms with Gasteiger partial charge in [-0.1, -0.05) is 25.1 Å². The minimum atomic E-state index is -3.69. The molecular weight excluding hydrogens is 414 g/mol. The van der Waals surface area contributed by atoms with Gasteiger partial charge in [-0.05, 0) is 50.1 Å². The predicted molar refractivity (Wildman–Crippen MR) is 126 cm³/mol. The fourth-order valence-corrected chi connectivity index (χ4v) is 4.73. The Bertz CT molecular complexity index is 957. The van der Waals surface area contributed by atoms with E-state index in [0.29, 0.717) is 24.4 Å². The van der Waals surface area contributed by atoms with Crippen LogP contribution in [0.25, 0.3) is 0 Å². The number of nitrogens with one attached hydrogen (secondary N) is 1. The Morgan fingerprint density at radius 1 is 1.03 bits per heavy atom. The van der Waals surface area contributed by atoms with Gasteiger partial charge in [-0.15, -0.1) is 0 Å². The number of carbonyl (C=O) groups excluding carboxylic acids is 1. The summed E-state index contributed by atoms with van der Waals surface area (Å²) in [5.74, 6) is 0.179. The van der Waals surface area contributed by atoms with E-state index in [2.05, 4.69) is 24.1 Å². The van der Waals surface area contributed by atoms with Gasteiger partial charge in [-0.3, -0.25) is 9.10 Å². The van der Waals surface area contributed by atoms with E-state index in [-0.39, 0.29) is 5.91 Å². The molecule has 0 aromatic heterocycles. The molecule has 1 N–H and O–H groups in total. The topological polar surface area (TPSA) is 79.0 Å². The lowest BCUT2D eigenvalue weighted by atomic mass is 10.1. The van der Waals surface area contributed by atoms with Crippen molar-refractivity contribution in [2.75, 3.05) is 35.7 Å². The molecule has 2 rings (SSSR count). The molecule has 31 heavy (non-hydrogen) atoms. The molecule has 0 unspecified atom stereocenters. The van der Waals surface area contributed by atoms with Crippen LogP contribution in [-0.4, -0.2) is 46.8 Å². The van der Waals surface area contributed by atoms with Crippen molar-refractivity contribution >= 4 is 27.3 Å². The first kappa shape index (κ1) is 24.5. The number of benzene rings is 2. The highest BCUT2D eigenvalue weighted by atomic mass is 32.2. The zero-order valence-corrected chi connectivity index (χ0v) is 19.8. The molecule has 170 valence electrons. The Kier molecular flexibility index (Phi) is 8.74. The first-order chi connectivity index (χ1) is 14.7. The normalized spacial score (nSPS) is 12.2. The summed E-state index contributed by atoms with van der Waals surface area (Å²) in [5, 5.41) is 2.89. The van der Waals surface area contributed by atoms with Gasteiger partial charge in [0.1, 0.15) is 11.8 Å². The quantitative estimate of drug-likeness (QED) is 0.571. The van der Waals surface area contributed by atoms with Crippen LogP contribution >= 0.6 is 0 Å². The van der Waals surface area contributed by atoms with Crippen LogP contribution in [-0.2, 0) is 21.4 Å². The highest BCUT2D eigenvalue weighted by molar-refractivity contribution is 7.92. The highest BCUT2D eigenvalue weighted by Crippen LogP contribution is 2.26. The molecule has 0 aliphatic heterocycles. The third kappa shape index (κ3) is 6.37. The lowest BCUT2D eigenvalue weighted by Crippen LogP contribution is -2.49. The average Bonchev–Trinajstić information content (AvgIpc) is 2.76. The third-order valence-electron chi connectivity index (χ3n) is 5.17. The molecule has 0 bridgehead atoms. The molecule has 0 aliphatic carbocycles. The number of methoxy groups -OCH3 is 1. The van der Waals surface area contributed by atoms with Crippen molar-refractivity contribution in [1.82, 2.24) is 5.32 Å². The summed E-state index contributed by atoms with van der Waals surface area (Å²) in [6.45, 7) is 8.19. The van der Waals surface area contributed by atoms with E-state index in [0.717, 1.165) is 34.9 Å². The summed E-state index contributed by atoms with van der Waals surface area (Å²) in [4.78, 5) is 15.2. The Hall–Kier alpha value is -2.74. The molecule has 2 aromatic carbocycles. The number of carbonyl (C=O) groups is 1. The lowest BCUT2D eigenvalue weighted by molar-refractivity contribution is -0.122. The summed E-state index contributed by atoms with van der Waals surface area (Å²) >= 11 is 0. The second kappa shape index (κ2) is 11.0. The Morgan fingerprint density at radius 2 is 1.68 bits per heavy atom. The number of anilines is 2. The Morgan fingerprint density at radius 3 is 2.19 bits per heavy atom.